The molecule has 0 unspecified atom stereocenters. The lowest BCUT2D eigenvalue weighted by atomic mass is 10.0. The minimum Gasteiger partial charge on any atom is -0.465 e. The van der Waals surface area contributed by atoms with Gasteiger partial charge in [-0.25, -0.2) is 9.69 Å². The summed E-state index contributed by atoms with van der Waals surface area (Å²) in [6.07, 6.45) is 2.95. The topological polar surface area (TPSA) is 86.3 Å². The number of thiophene rings is 1. The molecule has 0 bridgehead atoms. The minimum absolute atomic E-state index is 0.198. The maximum Gasteiger partial charge on any atom is 0.414 e. The number of carbonyl (C=O) groups is 2. The zero-order chi connectivity index (χ0) is 14.3. The zero-order valence-electron chi connectivity index (χ0n) is 10.5. The highest BCUT2D eigenvalue weighted by molar-refractivity contribution is 8.00. The molecule has 2 aromatic heterocycles. The zero-order valence-corrected chi connectivity index (χ0v) is 12.2. The Kier molecular flexibility index (Phi) is 3.27. The standard InChI is InChI=1S/C12H11N3O3S2/c1-19-11-8-6(3-5-15(10(8)16)12(17)18)9(20-11)7-2-4-13-14-7/h2,4H,3,5H2,1H3,(H,13,14)(H,17,18). The second-order valence-corrected chi connectivity index (χ2v) is 6.32. The van der Waals surface area contributed by atoms with E-state index in [0.717, 1.165) is 25.2 Å². The van der Waals surface area contributed by atoms with E-state index in [0.29, 0.717) is 12.0 Å². The van der Waals surface area contributed by atoms with Gasteiger partial charge in [-0.15, -0.1) is 23.1 Å². The molecule has 6 nitrogen and oxygen atoms in total. The molecule has 0 aromatic carbocycles. The first kappa shape index (κ1) is 13.2. The number of fused-ring (bicyclic) bond motifs is 1. The van der Waals surface area contributed by atoms with Crippen LogP contribution in [0.4, 0.5) is 4.79 Å². The number of hydrogen-bond donors (Lipinski definition) is 2. The number of amides is 2. The van der Waals surface area contributed by atoms with Gasteiger partial charge in [-0.1, -0.05) is 0 Å². The molecule has 0 radical (unpaired) electrons. The van der Waals surface area contributed by atoms with E-state index in [1.807, 2.05) is 12.3 Å². The fourth-order valence-electron chi connectivity index (χ4n) is 2.28. The number of aromatic nitrogens is 2. The summed E-state index contributed by atoms with van der Waals surface area (Å²) >= 11 is 2.95. The summed E-state index contributed by atoms with van der Waals surface area (Å²) in [7, 11) is 0. The Morgan fingerprint density at radius 3 is 3.00 bits per heavy atom. The monoisotopic (exact) mass is 309 g/mol. The van der Waals surface area contributed by atoms with Crippen LogP contribution in [0.25, 0.3) is 10.6 Å². The van der Waals surface area contributed by atoms with Crippen LogP contribution < -0.4 is 0 Å². The van der Waals surface area contributed by atoms with E-state index in [4.69, 9.17) is 5.11 Å². The van der Waals surface area contributed by atoms with Crippen molar-refractivity contribution in [2.24, 2.45) is 0 Å². The van der Waals surface area contributed by atoms with Crippen molar-refractivity contribution < 1.29 is 14.7 Å². The Morgan fingerprint density at radius 2 is 2.40 bits per heavy atom. The van der Waals surface area contributed by atoms with Crippen LogP contribution in [0.2, 0.25) is 0 Å². The van der Waals surface area contributed by atoms with Gasteiger partial charge in [0.15, 0.2) is 0 Å². The normalized spacial score (nSPS) is 14.4. The molecule has 1 aliphatic rings. The molecule has 0 saturated heterocycles. The van der Waals surface area contributed by atoms with Crippen molar-refractivity contribution in [2.75, 3.05) is 12.8 Å². The van der Waals surface area contributed by atoms with Gasteiger partial charge in [0.2, 0.25) is 0 Å². The van der Waals surface area contributed by atoms with Crippen molar-refractivity contribution in [2.45, 2.75) is 10.6 Å². The van der Waals surface area contributed by atoms with Crippen molar-refractivity contribution in [3.63, 3.8) is 0 Å². The molecule has 104 valence electrons. The van der Waals surface area contributed by atoms with Crippen molar-refractivity contribution in [3.05, 3.63) is 23.4 Å². The molecule has 2 amide bonds. The molecule has 3 rings (SSSR count). The molecule has 0 fully saturated rings. The first-order chi connectivity index (χ1) is 9.63. The van der Waals surface area contributed by atoms with E-state index in [1.165, 1.54) is 23.1 Å². The van der Waals surface area contributed by atoms with Crippen LogP contribution in [0.3, 0.4) is 0 Å². The number of aromatic amines is 1. The van der Waals surface area contributed by atoms with Crippen molar-refractivity contribution in [1.29, 1.82) is 0 Å². The molecule has 20 heavy (non-hydrogen) atoms. The smallest absolute Gasteiger partial charge is 0.414 e. The third kappa shape index (κ3) is 1.92. The van der Waals surface area contributed by atoms with Gasteiger partial charge in [-0.3, -0.25) is 9.89 Å². The Labute approximate surface area is 122 Å². The molecule has 1 aliphatic heterocycles. The number of nitrogens with zero attached hydrogens (tertiary/aromatic N) is 2. The van der Waals surface area contributed by atoms with Gasteiger partial charge < -0.3 is 5.11 Å². The fourth-order valence-corrected chi connectivity index (χ4v) is 4.32. The molecule has 0 spiro atoms. The van der Waals surface area contributed by atoms with Crippen LogP contribution in [0.15, 0.2) is 16.5 Å². The van der Waals surface area contributed by atoms with E-state index in [9.17, 15) is 9.59 Å². The average molecular weight is 309 g/mol. The number of carbonyl (C=O) groups excluding carboxylic acids is 1. The molecule has 0 saturated carbocycles. The van der Waals surface area contributed by atoms with Crippen molar-refractivity contribution in [3.8, 4) is 10.6 Å². The number of H-pyrrole nitrogens is 1. The third-order valence-electron chi connectivity index (χ3n) is 3.17. The number of thioether (sulfide) groups is 1. The summed E-state index contributed by atoms with van der Waals surface area (Å²) in [6.45, 7) is 0.198. The van der Waals surface area contributed by atoms with E-state index in [1.54, 1.807) is 6.20 Å². The maximum absolute atomic E-state index is 12.3. The van der Waals surface area contributed by atoms with Gasteiger partial charge in [0, 0.05) is 12.7 Å². The molecular weight excluding hydrogens is 298 g/mol. The molecule has 2 N–H and O–H groups in total. The Balaban J connectivity index is 2.15. The van der Waals surface area contributed by atoms with Crippen molar-refractivity contribution in [1.82, 2.24) is 15.1 Å². The van der Waals surface area contributed by atoms with E-state index in [2.05, 4.69) is 10.2 Å². The lowest BCUT2D eigenvalue weighted by molar-refractivity contribution is 0.0725. The van der Waals surface area contributed by atoms with Crippen LogP contribution in [0.5, 0.6) is 0 Å². The van der Waals surface area contributed by atoms with Gasteiger partial charge in [0.1, 0.15) is 5.69 Å². The Bertz CT molecular complexity index is 678. The average Bonchev–Trinajstić information content (AvgIpc) is 3.05. The number of nitrogens with one attached hydrogen (secondary N) is 1. The second-order valence-electron chi connectivity index (χ2n) is 4.23. The third-order valence-corrected chi connectivity index (χ3v) is 5.54. The predicted molar refractivity (Wildman–Crippen MR) is 76.4 cm³/mol. The Hall–Kier alpha value is -1.80. The summed E-state index contributed by atoms with van der Waals surface area (Å²) < 4.78 is 0.842. The van der Waals surface area contributed by atoms with Crippen LogP contribution >= 0.6 is 23.1 Å². The Morgan fingerprint density at radius 1 is 1.60 bits per heavy atom. The summed E-state index contributed by atoms with van der Waals surface area (Å²) in [5.74, 6) is -0.430. The van der Waals surface area contributed by atoms with Gasteiger partial charge in [-0.2, -0.15) is 5.10 Å². The highest BCUT2D eigenvalue weighted by Crippen LogP contribution is 2.42. The predicted octanol–water partition coefficient (Wildman–Crippen LogP) is 2.54. The van der Waals surface area contributed by atoms with Crippen LogP contribution in [0.1, 0.15) is 15.9 Å². The SMILES string of the molecule is CSc1sc(-c2cc[nH]n2)c2c1C(=O)N(C(=O)O)CC2. The van der Waals surface area contributed by atoms with Gasteiger partial charge in [-0.05, 0) is 24.3 Å². The van der Waals surface area contributed by atoms with E-state index >= 15 is 0 Å². The van der Waals surface area contributed by atoms with Crippen molar-refractivity contribution >= 4 is 35.1 Å². The summed E-state index contributed by atoms with van der Waals surface area (Å²) in [5, 5.41) is 16.0. The molecular formula is C12H11N3O3S2. The summed E-state index contributed by atoms with van der Waals surface area (Å²) in [5.41, 5.74) is 2.23. The number of rotatable bonds is 2. The minimum atomic E-state index is -1.19. The van der Waals surface area contributed by atoms with Gasteiger partial charge in [0.25, 0.3) is 5.91 Å². The lowest BCUT2D eigenvalue weighted by Gasteiger charge is -2.23. The lowest BCUT2D eigenvalue weighted by Crippen LogP contribution is -2.41. The highest BCUT2D eigenvalue weighted by atomic mass is 32.2. The molecule has 8 heteroatoms. The first-order valence-electron chi connectivity index (χ1n) is 5.88. The number of hydrogen-bond acceptors (Lipinski definition) is 5. The maximum atomic E-state index is 12.3. The molecule has 3 heterocycles. The molecule has 2 aromatic rings. The van der Waals surface area contributed by atoms with Crippen LogP contribution in [-0.4, -0.2) is 45.0 Å². The summed E-state index contributed by atoms with van der Waals surface area (Å²) in [6, 6.07) is 1.85. The van der Waals surface area contributed by atoms with Gasteiger partial charge >= 0.3 is 6.09 Å². The van der Waals surface area contributed by atoms with Crippen LogP contribution in [-0.2, 0) is 6.42 Å². The van der Waals surface area contributed by atoms with Crippen LogP contribution in [0, 0.1) is 0 Å². The molecule has 0 aliphatic carbocycles. The largest absolute Gasteiger partial charge is 0.465 e. The van der Waals surface area contributed by atoms with Gasteiger partial charge in [0.05, 0.1) is 14.6 Å². The quantitative estimate of drug-likeness (QED) is 0.833. The first-order valence-corrected chi connectivity index (χ1v) is 7.92. The van der Waals surface area contributed by atoms with E-state index < -0.39 is 12.0 Å². The number of imide groups is 1. The summed E-state index contributed by atoms with van der Waals surface area (Å²) in [4.78, 5) is 25.3. The number of carboxylic acid groups (broad SMARTS) is 1. The molecule has 0 atom stereocenters. The highest BCUT2D eigenvalue weighted by Gasteiger charge is 2.35. The fraction of sp³-hybridized carbons (Fsp3) is 0.250. The second kappa shape index (κ2) is 4.95. The van der Waals surface area contributed by atoms with E-state index in [-0.39, 0.29) is 6.54 Å².